The van der Waals surface area contributed by atoms with Gasteiger partial charge in [0.1, 0.15) is 11.1 Å². The van der Waals surface area contributed by atoms with Crippen molar-refractivity contribution in [3.05, 3.63) is 63.0 Å². The van der Waals surface area contributed by atoms with Gasteiger partial charge in [0.05, 0.1) is 12.2 Å². The van der Waals surface area contributed by atoms with Gasteiger partial charge in [0.2, 0.25) is 0 Å². The van der Waals surface area contributed by atoms with E-state index in [4.69, 9.17) is 4.42 Å². The van der Waals surface area contributed by atoms with E-state index in [1.807, 2.05) is 42.5 Å². The largest absolute Gasteiger partial charge is 0.452 e. The molecule has 0 spiro atoms. The molecule has 0 aliphatic carbocycles. The zero-order valence-electron chi connectivity index (χ0n) is 11.3. The van der Waals surface area contributed by atoms with E-state index in [1.165, 1.54) is 0 Å². The zero-order valence-corrected chi connectivity index (χ0v) is 12.9. The molecule has 1 aliphatic rings. The molecule has 0 unspecified atom stereocenters. The lowest BCUT2D eigenvalue weighted by Crippen LogP contribution is -2.21. The van der Waals surface area contributed by atoms with Gasteiger partial charge >= 0.3 is 5.69 Å². The Balaban J connectivity index is 2.02. The maximum Gasteiger partial charge on any atom is 0.349 e. The Morgan fingerprint density at radius 1 is 1.18 bits per heavy atom. The van der Waals surface area contributed by atoms with Crippen LogP contribution in [0.15, 0.2) is 56.1 Å². The second-order valence-corrected chi connectivity index (χ2v) is 6.32. The summed E-state index contributed by atoms with van der Waals surface area (Å²) < 4.78 is 8.67. The van der Waals surface area contributed by atoms with Crippen molar-refractivity contribution in [2.24, 2.45) is 0 Å². The van der Waals surface area contributed by atoms with E-state index in [0.29, 0.717) is 17.6 Å². The number of fused-ring (bicyclic) bond motifs is 7. The number of rotatable bonds is 0. The summed E-state index contributed by atoms with van der Waals surface area (Å²) >= 11 is 3.50. The van der Waals surface area contributed by atoms with E-state index < -0.39 is 0 Å². The molecule has 22 heavy (non-hydrogen) atoms. The number of benzene rings is 2. The third kappa shape index (κ3) is 1.46. The van der Waals surface area contributed by atoms with Crippen LogP contribution in [0.1, 0.15) is 5.56 Å². The molecule has 106 valence electrons. The first-order chi connectivity index (χ1) is 10.7. The highest BCUT2D eigenvalue weighted by molar-refractivity contribution is 9.10. The number of aromatic nitrogens is 2. The minimum absolute atomic E-state index is 0.235. The maximum absolute atomic E-state index is 12.4. The third-order valence-corrected chi connectivity index (χ3v) is 4.64. The molecule has 2 aromatic carbocycles. The predicted molar refractivity (Wildman–Crippen MR) is 88.0 cm³/mol. The second kappa shape index (κ2) is 4.08. The number of hydrogen-bond acceptors (Lipinski definition) is 3. The van der Waals surface area contributed by atoms with Crippen LogP contribution in [0.25, 0.3) is 33.3 Å². The van der Waals surface area contributed by atoms with E-state index in [1.54, 1.807) is 4.57 Å². The monoisotopic (exact) mass is 352 g/mol. The molecule has 0 saturated carbocycles. The Morgan fingerprint density at radius 2 is 2.05 bits per heavy atom. The highest BCUT2D eigenvalue weighted by Gasteiger charge is 2.26. The fourth-order valence-corrected chi connectivity index (χ4v) is 3.53. The van der Waals surface area contributed by atoms with Crippen LogP contribution < -0.4 is 5.69 Å². The van der Waals surface area contributed by atoms with Crippen LogP contribution in [0.3, 0.4) is 0 Å². The molecule has 4 nitrogen and oxygen atoms in total. The summed E-state index contributed by atoms with van der Waals surface area (Å²) in [6, 6.07) is 13.7. The Morgan fingerprint density at radius 3 is 2.95 bits per heavy atom. The average molecular weight is 353 g/mol. The van der Waals surface area contributed by atoms with Crippen molar-refractivity contribution in [1.29, 1.82) is 0 Å². The minimum Gasteiger partial charge on any atom is -0.452 e. The first-order valence-electron chi connectivity index (χ1n) is 6.93. The summed E-state index contributed by atoms with van der Waals surface area (Å²) in [4.78, 5) is 16.7. The first-order valence-corrected chi connectivity index (χ1v) is 7.72. The van der Waals surface area contributed by atoms with Crippen LogP contribution in [0.5, 0.6) is 0 Å². The lowest BCUT2D eigenvalue weighted by molar-refractivity contribution is 0.658. The van der Waals surface area contributed by atoms with Crippen LogP contribution in [0.2, 0.25) is 0 Å². The summed E-state index contributed by atoms with van der Waals surface area (Å²) in [6.07, 6.45) is 0. The van der Waals surface area contributed by atoms with Crippen molar-refractivity contribution in [2.75, 3.05) is 0 Å². The van der Waals surface area contributed by atoms with Gasteiger partial charge in [0, 0.05) is 15.4 Å². The maximum atomic E-state index is 12.4. The van der Waals surface area contributed by atoms with Gasteiger partial charge in [-0.2, -0.15) is 4.98 Å². The summed E-state index contributed by atoms with van der Waals surface area (Å²) in [5.41, 5.74) is 4.79. The van der Waals surface area contributed by atoms with Crippen LogP contribution in [0.4, 0.5) is 0 Å². The molecule has 4 aromatic rings. The molecule has 3 heterocycles. The summed E-state index contributed by atoms with van der Waals surface area (Å²) in [7, 11) is 0. The van der Waals surface area contributed by atoms with Crippen molar-refractivity contribution >= 4 is 38.0 Å². The molecular formula is C17H9BrN2O2. The molecular weight excluding hydrogens is 344 g/mol. The standard InChI is InChI=1S/C17H9BrN2O2/c18-10-6-5-9-8-20-15(12(9)7-10)16-14(19-17(20)21)11-3-1-2-4-13(11)22-16/h1-7H,8H2. The van der Waals surface area contributed by atoms with Crippen molar-refractivity contribution in [3.8, 4) is 11.3 Å². The van der Waals surface area contributed by atoms with Gasteiger partial charge in [0.25, 0.3) is 0 Å². The fraction of sp³-hybridized carbons (Fsp3) is 0.0588. The molecule has 0 amide bonds. The van der Waals surface area contributed by atoms with Crippen LogP contribution in [-0.4, -0.2) is 9.55 Å². The van der Waals surface area contributed by atoms with Crippen LogP contribution >= 0.6 is 15.9 Å². The number of nitrogens with zero attached hydrogens (tertiary/aromatic N) is 2. The van der Waals surface area contributed by atoms with Crippen molar-refractivity contribution in [3.63, 3.8) is 0 Å². The molecule has 0 fully saturated rings. The Bertz CT molecular complexity index is 1140. The number of para-hydroxylation sites is 1. The molecule has 0 radical (unpaired) electrons. The highest BCUT2D eigenvalue weighted by Crippen LogP contribution is 2.39. The van der Waals surface area contributed by atoms with E-state index in [2.05, 4.69) is 20.9 Å². The van der Waals surface area contributed by atoms with E-state index in [0.717, 1.165) is 32.3 Å². The second-order valence-electron chi connectivity index (χ2n) is 5.41. The molecule has 5 rings (SSSR count). The van der Waals surface area contributed by atoms with Crippen molar-refractivity contribution in [1.82, 2.24) is 9.55 Å². The Kier molecular flexibility index (Phi) is 2.26. The number of furan rings is 1. The van der Waals surface area contributed by atoms with Gasteiger partial charge in [-0.05, 0) is 29.8 Å². The summed E-state index contributed by atoms with van der Waals surface area (Å²) in [5.74, 6) is 0. The van der Waals surface area contributed by atoms with Gasteiger partial charge < -0.3 is 4.42 Å². The number of halogens is 1. The van der Waals surface area contributed by atoms with Gasteiger partial charge in [-0.25, -0.2) is 4.79 Å². The van der Waals surface area contributed by atoms with Crippen molar-refractivity contribution in [2.45, 2.75) is 6.54 Å². The molecule has 0 N–H and O–H groups in total. The molecule has 0 bridgehead atoms. The van der Waals surface area contributed by atoms with Crippen molar-refractivity contribution < 1.29 is 4.42 Å². The Hall–Kier alpha value is -2.40. The highest BCUT2D eigenvalue weighted by atomic mass is 79.9. The zero-order chi connectivity index (χ0) is 14.8. The van der Waals surface area contributed by atoms with E-state index >= 15 is 0 Å². The summed E-state index contributed by atoms with van der Waals surface area (Å²) in [6.45, 7) is 0.538. The van der Waals surface area contributed by atoms with E-state index in [-0.39, 0.29) is 5.69 Å². The van der Waals surface area contributed by atoms with Crippen LogP contribution in [-0.2, 0) is 6.54 Å². The molecule has 0 atom stereocenters. The first kappa shape index (κ1) is 12.2. The van der Waals surface area contributed by atoms with Gasteiger partial charge in [-0.3, -0.25) is 4.57 Å². The smallest absolute Gasteiger partial charge is 0.349 e. The minimum atomic E-state index is -0.235. The average Bonchev–Trinajstić information content (AvgIpc) is 3.06. The quantitative estimate of drug-likeness (QED) is 0.424. The molecule has 2 aromatic heterocycles. The third-order valence-electron chi connectivity index (χ3n) is 4.15. The summed E-state index contributed by atoms with van der Waals surface area (Å²) in [5, 5.41) is 0.876. The predicted octanol–water partition coefficient (Wildman–Crippen LogP) is 3.93. The van der Waals surface area contributed by atoms with E-state index in [9.17, 15) is 4.79 Å². The number of hydrogen-bond donors (Lipinski definition) is 0. The lowest BCUT2D eigenvalue weighted by atomic mass is 10.1. The molecule has 1 aliphatic heterocycles. The molecule has 0 saturated heterocycles. The topological polar surface area (TPSA) is 48.0 Å². The van der Waals surface area contributed by atoms with Crippen LogP contribution in [0, 0.1) is 0 Å². The SMILES string of the molecule is O=c1nc2c(oc3ccccc32)c2n1Cc1ccc(Br)cc1-2. The Labute approximate surface area is 133 Å². The van der Waals surface area contributed by atoms with Gasteiger partial charge in [-0.15, -0.1) is 0 Å². The molecule has 5 heteroatoms. The fourth-order valence-electron chi connectivity index (χ4n) is 3.17. The normalized spacial score (nSPS) is 12.8. The van der Waals surface area contributed by atoms with Gasteiger partial charge in [0.15, 0.2) is 5.58 Å². The lowest BCUT2D eigenvalue weighted by Gasteiger charge is -2.02. The van der Waals surface area contributed by atoms with Gasteiger partial charge in [-0.1, -0.05) is 34.1 Å².